The smallest absolute Gasteiger partial charge is 0.345 e. The molecule has 6 nitrogen and oxygen atoms in total. The van der Waals surface area contributed by atoms with Gasteiger partial charge in [-0.15, -0.1) is 24.0 Å². The molecule has 0 aliphatic heterocycles. The first-order valence-corrected chi connectivity index (χ1v) is 12.2. The second-order valence-corrected chi connectivity index (χ2v) is 9.75. The summed E-state index contributed by atoms with van der Waals surface area (Å²) in [6.07, 6.45) is -1.77. The summed E-state index contributed by atoms with van der Waals surface area (Å²) in [4.78, 5) is 39.9. The fourth-order valence-electron chi connectivity index (χ4n) is 4.34. The Hall–Kier alpha value is -3.98. The van der Waals surface area contributed by atoms with Crippen LogP contribution in [0.25, 0.3) is 42.1 Å². The van der Waals surface area contributed by atoms with E-state index in [1.807, 2.05) is 12.1 Å². The van der Waals surface area contributed by atoms with E-state index in [2.05, 4.69) is 12.6 Å². The molecule has 0 aliphatic carbocycles. The predicted octanol–water partition coefficient (Wildman–Crippen LogP) is 5.60. The van der Waals surface area contributed by atoms with Gasteiger partial charge in [0.2, 0.25) is 5.43 Å². The van der Waals surface area contributed by atoms with Crippen LogP contribution in [-0.2, 0) is 4.79 Å². The lowest BCUT2D eigenvalue weighted by Crippen LogP contribution is -2.21. The Bertz CT molecular complexity index is 1970. The van der Waals surface area contributed by atoms with Crippen LogP contribution in [0.2, 0.25) is 0 Å². The van der Waals surface area contributed by atoms with Crippen molar-refractivity contribution in [1.82, 2.24) is 0 Å². The van der Waals surface area contributed by atoms with E-state index in [-0.39, 0.29) is 43.4 Å². The summed E-state index contributed by atoms with van der Waals surface area (Å²) in [5.41, 5.74) is 0.0673. The zero-order chi connectivity index (χ0) is 25.0. The third-order valence-corrected chi connectivity index (χ3v) is 7.52. The zero-order valence-corrected chi connectivity index (χ0v) is 20.1. The third kappa shape index (κ3) is 3.50. The standard InChI is InChI=1S/C28H16O6S2/c29-24-14-6-1-3-9-17(14)33-18-12-13-19(35)27(23(18)24)34-28(32)26(31)16-8-5-11-21-22(16)25(30)15-7-2-4-10-20(15)36-21/h1-13,26,31,35H. The minimum absolute atomic E-state index is 0.0393. The molecule has 4 aromatic carbocycles. The molecule has 176 valence electrons. The molecule has 0 bridgehead atoms. The van der Waals surface area contributed by atoms with Crippen molar-refractivity contribution >= 4 is 72.0 Å². The number of hydrogen-bond acceptors (Lipinski definition) is 8. The normalized spacial score (nSPS) is 12.4. The van der Waals surface area contributed by atoms with E-state index in [1.54, 1.807) is 60.7 Å². The lowest BCUT2D eigenvalue weighted by atomic mass is 10.0. The molecule has 0 amide bonds. The highest BCUT2D eigenvalue weighted by atomic mass is 32.1. The maximum Gasteiger partial charge on any atom is 0.345 e. The highest BCUT2D eigenvalue weighted by Gasteiger charge is 2.26. The lowest BCUT2D eigenvalue weighted by Gasteiger charge is -2.15. The number of aliphatic hydroxyl groups is 1. The first-order valence-electron chi connectivity index (χ1n) is 11.0. The number of carbonyl (C=O) groups excluding carboxylic acids is 1. The quantitative estimate of drug-likeness (QED) is 0.139. The number of aliphatic hydroxyl groups excluding tert-OH is 1. The summed E-state index contributed by atoms with van der Waals surface area (Å²) < 4.78 is 12.8. The molecule has 8 heteroatoms. The monoisotopic (exact) mass is 512 g/mol. The Kier molecular flexibility index (Phi) is 5.37. The van der Waals surface area contributed by atoms with Crippen molar-refractivity contribution in [2.24, 2.45) is 0 Å². The van der Waals surface area contributed by atoms with Crippen LogP contribution in [0, 0.1) is 0 Å². The molecule has 1 atom stereocenters. The number of para-hydroxylation sites is 1. The van der Waals surface area contributed by atoms with Crippen molar-refractivity contribution in [2.45, 2.75) is 11.0 Å². The topological polar surface area (TPSA) is 93.8 Å². The molecule has 0 fully saturated rings. The molecular formula is C28H16O6S2. The maximum absolute atomic E-state index is 13.3. The van der Waals surface area contributed by atoms with Gasteiger partial charge in [-0.25, -0.2) is 4.79 Å². The minimum Gasteiger partial charge on any atom is -0.456 e. The Morgan fingerprint density at radius 3 is 2.33 bits per heavy atom. The van der Waals surface area contributed by atoms with Crippen LogP contribution in [0.4, 0.5) is 0 Å². The Morgan fingerprint density at radius 2 is 1.50 bits per heavy atom. The van der Waals surface area contributed by atoms with Crippen molar-refractivity contribution in [1.29, 1.82) is 0 Å². The minimum atomic E-state index is -1.77. The molecule has 1 unspecified atom stereocenters. The Labute approximate surface area is 212 Å². The van der Waals surface area contributed by atoms with E-state index < -0.39 is 12.1 Å². The summed E-state index contributed by atoms with van der Waals surface area (Å²) in [6, 6.07) is 22.0. The van der Waals surface area contributed by atoms with Gasteiger partial charge in [-0.2, -0.15) is 0 Å². The fraction of sp³-hybridized carbons (Fsp3) is 0.0357. The second-order valence-electron chi connectivity index (χ2n) is 8.19. The third-order valence-electron chi connectivity index (χ3n) is 6.03. The molecule has 36 heavy (non-hydrogen) atoms. The highest BCUT2D eigenvalue weighted by Crippen LogP contribution is 2.34. The fourth-order valence-corrected chi connectivity index (χ4v) is 5.68. The van der Waals surface area contributed by atoms with Crippen LogP contribution in [-0.4, -0.2) is 11.1 Å². The largest absolute Gasteiger partial charge is 0.456 e. The molecule has 0 spiro atoms. The lowest BCUT2D eigenvalue weighted by molar-refractivity contribution is -0.144. The van der Waals surface area contributed by atoms with Gasteiger partial charge in [0.25, 0.3) is 0 Å². The van der Waals surface area contributed by atoms with Gasteiger partial charge in [0.15, 0.2) is 17.3 Å². The number of ether oxygens (including phenoxy) is 1. The summed E-state index contributed by atoms with van der Waals surface area (Å²) in [7, 11) is 0. The van der Waals surface area contributed by atoms with E-state index in [0.717, 1.165) is 4.70 Å². The maximum atomic E-state index is 13.3. The number of fused-ring (bicyclic) bond motifs is 4. The van der Waals surface area contributed by atoms with Gasteiger partial charge in [-0.3, -0.25) is 9.59 Å². The summed E-state index contributed by atoms with van der Waals surface area (Å²) in [5, 5.41) is 12.1. The first-order chi connectivity index (χ1) is 17.4. The summed E-state index contributed by atoms with van der Waals surface area (Å²) in [5.74, 6) is -1.16. The van der Waals surface area contributed by atoms with Crippen molar-refractivity contribution in [3.63, 3.8) is 0 Å². The average molecular weight is 513 g/mol. The molecular weight excluding hydrogens is 496 g/mol. The van der Waals surface area contributed by atoms with Crippen LogP contribution in [0.3, 0.4) is 0 Å². The molecule has 1 N–H and O–H groups in total. The zero-order valence-electron chi connectivity index (χ0n) is 18.4. The summed E-state index contributed by atoms with van der Waals surface area (Å²) >= 11 is 5.76. The van der Waals surface area contributed by atoms with E-state index in [4.69, 9.17) is 9.15 Å². The molecule has 6 aromatic rings. The summed E-state index contributed by atoms with van der Waals surface area (Å²) in [6.45, 7) is 0. The van der Waals surface area contributed by atoms with Gasteiger partial charge in [0, 0.05) is 30.6 Å². The number of hydrogen-bond donors (Lipinski definition) is 2. The Balaban J connectivity index is 1.48. The van der Waals surface area contributed by atoms with E-state index in [0.29, 0.717) is 21.1 Å². The van der Waals surface area contributed by atoms with Gasteiger partial charge in [-0.05, 0) is 42.5 Å². The van der Waals surface area contributed by atoms with E-state index in [1.165, 1.54) is 17.4 Å². The van der Waals surface area contributed by atoms with Gasteiger partial charge >= 0.3 is 5.97 Å². The number of rotatable bonds is 3. The average Bonchev–Trinajstić information content (AvgIpc) is 2.89. The van der Waals surface area contributed by atoms with Crippen LogP contribution in [0.15, 0.2) is 97.8 Å². The number of thiol groups is 1. The van der Waals surface area contributed by atoms with Crippen molar-refractivity contribution in [2.75, 3.05) is 0 Å². The predicted molar refractivity (Wildman–Crippen MR) is 143 cm³/mol. The van der Waals surface area contributed by atoms with E-state index >= 15 is 0 Å². The van der Waals surface area contributed by atoms with Crippen LogP contribution in [0.1, 0.15) is 11.7 Å². The van der Waals surface area contributed by atoms with Crippen LogP contribution >= 0.6 is 24.0 Å². The number of benzene rings is 4. The van der Waals surface area contributed by atoms with Gasteiger partial charge in [0.1, 0.15) is 16.6 Å². The molecule has 0 aliphatic rings. The van der Waals surface area contributed by atoms with Crippen LogP contribution < -0.4 is 15.6 Å². The van der Waals surface area contributed by atoms with Crippen LogP contribution in [0.5, 0.6) is 5.75 Å². The van der Waals surface area contributed by atoms with Crippen molar-refractivity contribution < 1.29 is 19.1 Å². The number of esters is 1. The second kappa shape index (κ2) is 8.60. The Morgan fingerprint density at radius 1 is 0.806 bits per heavy atom. The van der Waals surface area contributed by atoms with Crippen molar-refractivity contribution in [3.05, 3.63) is 105 Å². The molecule has 2 heterocycles. The highest BCUT2D eigenvalue weighted by molar-refractivity contribution is 7.80. The first kappa shape index (κ1) is 22.5. The van der Waals surface area contributed by atoms with Gasteiger partial charge in [-0.1, -0.05) is 36.4 Å². The molecule has 2 aromatic heterocycles. The molecule has 0 radical (unpaired) electrons. The molecule has 6 rings (SSSR count). The van der Waals surface area contributed by atoms with Gasteiger partial charge in [0.05, 0.1) is 5.39 Å². The SMILES string of the molecule is O=C(Oc1c(S)ccc2oc3ccccc3c(=O)c12)C(O)c1cccc2sc3ccccc3c(=O)c12. The number of carbonyl (C=O) groups is 1. The molecule has 0 saturated carbocycles. The van der Waals surface area contributed by atoms with Gasteiger partial charge < -0.3 is 14.3 Å². The molecule has 0 saturated heterocycles. The van der Waals surface area contributed by atoms with Crippen molar-refractivity contribution in [3.8, 4) is 5.75 Å². The van der Waals surface area contributed by atoms with E-state index in [9.17, 15) is 19.5 Å².